The minimum atomic E-state index is -0.421. The van der Waals surface area contributed by atoms with Crippen LogP contribution in [0.3, 0.4) is 0 Å². The fourth-order valence-corrected chi connectivity index (χ4v) is 1.82. The first-order valence-corrected chi connectivity index (χ1v) is 5.55. The number of hydrogen-bond acceptors (Lipinski definition) is 2. The maximum absolute atomic E-state index is 13.1. The molecule has 0 radical (unpaired) electrons. The largest absolute Gasteiger partial charge is 0.383 e. The van der Waals surface area contributed by atoms with Crippen molar-refractivity contribution in [3.8, 4) is 0 Å². The highest BCUT2D eigenvalue weighted by molar-refractivity contribution is 9.10. The monoisotopic (exact) mass is 285 g/mol. The average Bonchev–Trinajstić information content (AvgIpc) is 2.13. The van der Waals surface area contributed by atoms with Crippen molar-refractivity contribution in [3.63, 3.8) is 0 Å². The molecule has 0 spiro atoms. The van der Waals surface area contributed by atoms with E-state index in [1.807, 2.05) is 14.1 Å². The molecule has 0 saturated heterocycles. The van der Waals surface area contributed by atoms with E-state index in [9.17, 15) is 9.18 Å². The van der Waals surface area contributed by atoms with Gasteiger partial charge in [-0.05, 0) is 25.1 Å². The predicted molar refractivity (Wildman–Crippen MR) is 65.9 cm³/mol. The molecule has 0 unspecified atom stereocenters. The van der Waals surface area contributed by atoms with Crippen LogP contribution in [0.5, 0.6) is 0 Å². The molecule has 0 saturated carbocycles. The highest BCUT2D eigenvalue weighted by Crippen LogP contribution is 2.17. The lowest BCUT2D eigenvalue weighted by Gasteiger charge is -2.08. The molecule has 0 aliphatic rings. The number of carbonyl (C=O) groups is 1. The van der Waals surface area contributed by atoms with Gasteiger partial charge in [-0.1, -0.05) is 15.9 Å². The average molecular weight is 286 g/mol. The molecule has 0 bridgehead atoms. The van der Waals surface area contributed by atoms with Gasteiger partial charge in [0.25, 0.3) is 0 Å². The maximum Gasteiger partial charge on any atom is 0.190 e. The quantitative estimate of drug-likeness (QED) is 0.628. The third-order valence-corrected chi connectivity index (χ3v) is 2.39. The summed E-state index contributed by atoms with van der Waals surface area (Å²) < 4.78 is 13.7. The summed E-state index contributed by atoms with van der Waals surface area (Å²) in [4.78, 5) is 13.7. The lowest BCUT2D eigenvalue weighted by molar-refractivity contribution is 0.103. The van der Waals surface area contributed by atoms with E-state index in [0.717, 1.165) is 0 Å². The number of nitrogens with zero attached hydrogens (tertiary/aromatic N) is 1. The second-order valence-electron chi connectivity index (χ2n) is 3.76. The van der Waals surface area contributed by atoms with Crippen LogP contribution in [-0.4, -0.2) is 24.8 Å². The number of carbonyl (C=O) groups excluding carboxylic acids is 1. The van der Waals surface area contributed by atoms with Crippen LogP contribution in [0.4, 0.5) is 4.39 Å². The zero-order chi connectivity index (χ0) is 12.3. The van der Waals surface area contributed by atoms with Gasteiger partial charge >= 0.3 is 0 Å². The third kappa shape index (κ3) is 3.45. The van der Waals surface area contributed by atoms with Crippen LogP contribution in [-0.2, 0) is 0 Å². The summed E-state index contributed by atoms with van der Waals surface area (Å²) in [6, 6.07) is 4.17. The summed E-state index contributed by atoms with van der Waals surface area (Å²) in [7, 11) is 3.66. The van der Waals surface area contributed by atoms with Crippen LogP contribution in [0, 0.1) is 5.82 Å². The summed E-state index contributed by atoms with van der Waals surface area (Å²) >= 11 is 3.16. The smallest absolute Gasteiger partial charge is 0.190 e. The van der Waals surface area contributed by atoms with E-state index in [4.69, 9.17) is 0 Å². The van der Waals surface area contributed by atoms with Crippen molar-refractivity contribution in [2.75, 3.05) is 14.1 Å². The van der Waals surface area contributed by atoms with E-state index >= 15 is 0 Å². The van der Waals surface area contributed by atoms with Crippen LogP contribution in [0.15, 0.2) is 34.4 Å². The molecule has 1 aromatic carbocycles. The summed E-state index contributed by atoms with van der Waals surface area (Å²) in [5.41, 5.74) is 0.921. The SMILES string of the molecule is C/C(=C\N(C)C)C(=O)c1cc(F)cc(Br)c1. The van der Waals surface area contributed by atoms with E-state index < -0.39 is 5.82 Å². The Labute approximate surface area is 103 Å². The summed E-state index contributed by atoms with van der Waals surface area (Å²) in [5, 5.41) is 0. The van der Waals surface area contributed by atoms with Crippen molar-refractivity contribution in [3.05, 3.63) is 45.8 Å². The van der Waals surface area contributed by atoms with Crippen LogP contribution >= 0.6 is 15.9 Å². The van der Waals surface area contributed by atoms with Crippen molar-refractivity contribution in [2.45, 2.75) is 6.92 Å². The summed E-state index contributed by atoms with van der Waals surface area (Å²) in [6.45, 7) is 1.71. The third-order valence-electron chi connectivity index (χ3n) is 1.93. The second kappa shape index (κ2) is 5.25. The van der Waals surface area contributed by atoms with E-state index in [1.165, 1.54) is 12.1 Å². The van der Waals surface area contributed by atoms with Gasteiger partial charge in [0.1, 0.15) is 5.82 Å². The molecule has 4 heteroatoms. The summed E-state index contributed by atoms with van der Waals surface area (Å²) in [5.74, 6) is -0.593. The molecule has 1 rings (SSSR count). The first kappa shape index (κ1) is 12.9. The Hall–Kier alpha value is -1.16. The number of benzene rings is 1. The number of halogens is 2. The molecule has 0 amide bonds. The molecule has 0 heterocycles. The van der Waals surface area contributed by atoms with Gasteiger partial charge in [-0.3, -0.25) is 4.79 Å². The van der Waals surface area contributed by atoms with Gasteiger partial charge in [0, 0.05) is 35.9 Å². The Balaban J connectivity index is 3.05. The lowest BCUT2D eigenvalue weighted by Crippen LogP contribution is -2.08. The van der Waals surface area contributed by atoms with E-state index in [1.54, 1.807) is 24.1 Å². The number of ketones is 1. The molecule has 0 aliphatic heterocycles. The Bertz CT molecular complexity index is 420. The topological polar surface area (TPSA) is 20.3 Å². The number of Topliss-reactive ketones (excluding diaryl/α,β-unsaturated/α-hetero) is 1. The van der Waals surface area contributed by atoms with E-state index in [0.29, 0.717) is 15.6 Å². The zero-order valence-corrected chi connectivity index (χ0v) is 11.0. The van der Waals surface area contributed by atoms with Crippen molar-refractivity contribution in [2.24, 2.45) is 0 Å². The maximum atomic E-state index is 13.1. The van der Waals surface area contributed by atoms with Gasteiger partial charge in [0.2, 0.25) is 0 Å². The predicted octanol–water partition coefficient (Wildman–Crippen LogP) is 3.24. The molecule has 0 fully saturated rings. The van der Waals surface area contributed by atoms with Crippen LogP contribution in [0.2, 0.25) is 0 Å². The van der Waals surface area contributed by atoms with Crippen LogP contribution < -0.4 is 0 Å². The lowest BCUT2D eigenvalue weighted by atomic mass is 10.1. The van der Waals surface area contributed by atoms with Crippen molar-refractivity contribution < 1.29 is 9.18 Å². The van der Waals surface area contributed by atoms with Gasteiger partial charge < -0.3 is 4.90 Å². The first-order chi connectivity index (χ1) is 7.40. The van der Waals surface area contributed by atoms with E-state index in [-0.39, 0.29) is 5.78 Å². The second-order valence-corrected chi connectivity index (χ2v) is 4.68. The van der Waals surface area contributed by atoms with Crippen molar-refractivity contribution in [1.82, 2.24) is 4.90 Å². The Kier molecular flexibility index (Phi) is 4.24. The Morgan fingerprint density at radius 3 is 2.50 bits per heavy atom. The first-order valence-electron chi connectivity index (χ1n) is 4.76. The summed E-state index contributed by atoms with van der Waals surface area (Å²) in [6.07, 6.45) is 1.71. The minimum Gasteiger partial charge on any atom is -0.383 e. The fourth-order valence-electron chi connectivity index (χ4n) is 1.36. The molecule has 1 aromatic rings. The van der Waals surface area contributed by atoms with Crippen molar-refractivity contribution >= 4 is 21.7 Å². The number of hydrogen-bond donors (Lipinski definition) is 0. The molecule has 0 N–H and O–H groups in total. The minimum absolute atomic E-state index is 0.172. The molecule has 2 nitrogen and oxygen atoms in total. The fraction of sp³-hybridized carbons (Fsp3) is 0.250. The van der Waals surface area contributed by atoms with Gasteiger partial charge in [0.15, 0.2) is 5.78 Å². The molecule has 16 heavy (non-hydrogen) atoms. The molecule has 0 atom stereocenters. The van der Waals surface area contributed by atoms with Crippen LogP contribution in [0.25, 0.3) is 0 Å². The highest BCUT2D eigenvalue weighted by atomic mass is 79.9. The molecule has 86 valence electrons. The molecule has 0 aliphatic carbocycles. The van der Waals surface area contributed by atoms with Gasteiger partial charge in [0.05, 0.1) is 0 Å². The molecule has 0 aromatic heterocycles. The Morgan fingerprint density at radius 2 is 2.00 bits per heavy atom. The standard InChI is InChI=1S/C12H13BrFNO/c1-8(7-15(2)3)12(16)9-4-10(13)6-11(14)5-9/h4-7H,1-3H3/b8-7+. The highest BCUT2D eigenvalue weighted by Gasteiger charge is 2.10. The van der Waals surface area contributed by atoms with Crippen LogP contribution in [0.1, 0.15) is 17.3 Å². The number of allylic oxidation sites excluding steroid dienone is 1. The zero-order valence-electron chi connectivity index (χ0n) is 9.42. The normalized spacial score (nSPS) is 11.4. The Morgan fingerprint density at radius 1 is 1.38 bits per heavy atom. The van der Waals surface area contributed by atoms with Gasteiger partial charge in [-0.2, -0.15) is 0 Å². The molecular weight excluding hydrogens is 273 g/mol. The van der Waals surface area contributed by atoms with Gasteiger partial charge in [-0.15, -0.1) is 0 Å². The van der Waals surface area contributed by atoms with Gasteiger partial charge in [-0.25, -0.2) is 4.39 Å². The van der Waals surface area contributed by atoms with E-state index in [2.05, 4.69) is 15.9 Å². The van der Waals surface area contributed by atoms with Crippen molar-refractivity contribution in [1.29, 1.82) is 0 Å². The number of rotatable bonds is 3. The molecular formula is C12H13BrFNO.